The number of aromatic nitrogens is 1. The summed E-state index contributed by atoms with van der Waals surface area (Å²) in [4.78, 5) is 4.26. The van der Waals surface area contributed by atoms with Gasteiger partial charge in [0.2, 0.25) is 0 Å². The Morgan fingerprint density at radius 3 is 2.75 bits per heavy atom. The van der Waals surface area contributed by atoms with Crippen molar-refractivity contribution in [1.82, 2.24) is 4.98 Å². The van der Waals surface area contributed by atoms with E-state index in [4.69, 9.17) is 21.1 Å². The molecular formula is C12H10ClNO2. The molecule has 3 rings (SSSR count). The molecule has 1 aromatic carbocycles. The molecule has 0 aliphatic carbocycles. The number of fused-ring (bicyclic) bond motifs is 1. The smallest absolute Gasteiger partial charge is 0.184 e. The van der Waals surface area contributed by atoms with Crippen molar-refractivity contribution in [3.63, 3.8) is 0 Å². The van der Waals surface area contributed by atoms with Gasteiger partial charge < -0.3 is 9.47 Å². The first-order chi connectivity index (χ1) is 7.84. The summed E-state index contributed by atoms with van der Waals surface area (Å²) in [7, 11) is 0. The number of hydrogen-bond donors (Lipinski definition) is 0. The lowest BCUT2D eigenvalue weighted by atomic mass is 10.1. The van der Waals surface area contributed by atoms with Gasteiger partial charge in [-0.15, -0.1) is 0 Å². The summed E-state index contributed by atoms with van der Waals surface area (Å²) in [5.74, 6) is 0. The fraction of sp³-hybridized carbons (Fsp3) is 0.250. The highest BCUT2D eigenvalue weighted by molar-refractivity contribution is 6.29. The third-order valence-corrected chi connectivity index (χ3v) is 2.82. The van der Waals surface area contributed by atoms with Gasteiger partial charge in [0, 0.05) is 10.9 Å². The Hall–Kier alpha value is -1.16. The fourth-order valence-electron chi connectivity index (χ4n) is 1.90. The average molecular weight is 236 g/mol. The van der Waals surface area contributed by atoms with Crippen molar-refractivity contribution in [2.75, 3.05) is 13.2 Å². The predicted molar refractivity (Wildman–Crippen MR) is 61.4 cm³/mol. The molecule has 0 unspecified atom stereocenters. The molecule has 16 heavy (non-hydrogen) atoms. The average Bonchev–Trinajstić information content (AvgIpc) is 2.81. The second-order valence-corrected chi connectivity index (χ2v) is 4.01. The van der Waals surface area contributed by atoms with Crippen LogP contribution >= 0.6 is 11.6 Å². The number of rotatable bonds is 1. The molecule has 0 radical (unpaired) electrons. The lowest BCUT2D eigenvalue weighted by molar-refractivity contribution is -0.0430. The summed E-state index contributed by atoms with van der Waals surface area (Å²) in [6.07, 6.45) is -0.272. The highest BCUT2D eigenvalue weighted by Crippen LogP contribution is 2.29. The zero-order valence-corrected chi connectivity index (χ0v) is 9.28. The molecule has 4 heteroatoms. The molecule has 0 saturated carbocycles. The fourth-order valence-corrected chi connectivity index (χ4v) is 2.05. The van der Waals surface area contributed by atoms with Gasteiger partial charge in [-0.25, -0.2) is 4.98 Å². The van der Waals surface area contributed by atoms with Crippen LogP contribution < -0.4 is 0 Å². The van der Waals surface area contributed by atoms with Gasteiger partial charge >= 0.3 is 0 Å². The number of pyridine rings is 1. The largest absolute Gasteiger partial charge is 0.346 e. The van der Waals surface area contributed by atoms with E-state index in [-0.39, 0.29) is 6.29 Å². The minimum atomic E-state index is -0.272. The molecule has 0 N–H and O–H groups in total. The van der Waals surface area contributed by atoms with Gasteiger partial charge in [0.15, 0.2) is 6.29 Å². The number of benzene rings is 1. The number of ether oxygens (including phenoxy) is 2. The Balaban J connectivity index is 2.16. The van der Waals surface area contributed by atoms with Crippen molar-refractivity contribution >= 4 is 22.5 Å². The zero-order chi connectivity index (χ0) is 11.0. The van der Waals surface area contributed by atoms with Crippen LogP contribution in [0.15, 0.2) is 30.3 Å². The summed E-state index contributed by atoms with van der Waals surface area (Å²) in [5, 5.41) is 1.52. The second-order valence-electron chi connectivity index (χ2n) is 3.62. The van der Waals surface area contributed by atoms with E-state index in [1.165, 1.54) is 0 Å². The molecule has 2 heterocycles. The maximum atomic E-state index is 5.86. The van der Waals surface area contributed by atoms with Crippen molar-refractivity contribution in [2.24, 2.45) is 0 Å². The van der Waals surface area contributed by atoms with E-state index in [1.807, 2.05) is 24.3 Å². The van der Waals surface area contributed by atoms with E-state index in [1.54, 1.807) is 6.07 Å². The van der Waals surface area contributed by atoms with Gasteiger partial charge in [0.1, 0.15) is 5.15 Å². The Labute approximate surface area is 98.0 Å². The van der Waals surface area contributed by atoms with Crippen molar-refractivity contribution in [3.8, 4) is 0 Å². The molecule has 1 aliphatic heterocycles. The number of nitrogens with zero attached hydrogens (tertiary/aromatic N) is 1. The minimum absolute atomic E-state index is 0.272. The molecule has 0 amide bonds. The first kappa shape index (κ1) is 10.0. The maximum Gasteiger partial charge on any atom is 0.184 e. The van der Waals surface area contributed by atoms with Crippen LogP contribution in [-0.2, 0) is 9.47 Å². The minimum Gasteiger partial charge on any atom is -0.346 e. The van der Waals surface area contributed by atoms with Crippen LogP contribution in [0, 0.1) is 0 Å². The third-order valence-electron chi connectivity index (χ3n) is 2.61. The van der Waals surface area contributed by atoms with Crippen molar-refractivity contribution in [1.29, 1.82) is 0 Å². The molecule has 0 spiro atoms. The van der Waals surface area contributed by atoms with Crippen LogP contribution in [0.3, 0.4) is 0 Å². The Morgan fingerprint density at radius 2 is 1.94 bits per heavy atom. The highest BCUT2D eigenvalue weighted by atomic mass is 35.5. The molecule has 0 bridgehead atoms. The number of halogens is 1. The Kier molecular flexibility index (Phi) is 2.52. The first-order valence-corrected chi connectivity index (χ1v) is 5.51. The topological polar surface area (TPSA) is 31.4 Å². The van der Waals surface area contributed by atoms with Crippen LogP contribution in [0.5, 0.6) is 0 Å². The first-order valence-electron chi connectivity index (χ1n) is 5.13. The van der Waals surface area contributed by atoms with Gasteiger partial charge in [-0.3, -0.25) is 0 Å². The molecule has 1 aliphatic rings. The van der Waals surface area contributed by atoms with Crippen molar-refractivity contribution in [2.45, 2.75) is 6.29 Å². The highest BCUT2D eigenvalue weighted by Gasteiger charge is 2.20. The third kappa shape index (κ3) is 1.67. The zero-order valence-electron chi connectivity index (χ0n) is 8.52. The maximum absolute atomic E-state index is 5.86. The van der Waals surface area contributed by atoms with Gasteiger partial charge in [0.05, 0.1) is 18.7 Å². The Morgan fingerprint density at radius 1 is 1.12 bits per heavy atom. The molecule has 82 valence electrons. The summed E-state index contributed by atoms with van der Waals surface area (Å²) < 4.78 is 11.0. The van der Waals surface area contributed by atoms with E-state index in [0.29, 0.717) is 18.4 Å². The van der Waals surface area contributed by atoms with Crippen LogP contribution in [0.4, 0.5) is 0 Å². The van der Waals surface area contributed by atoms with Crippen LogP contribution in [0.2, 0.25) is 5.15 Å². The van der Waals surface area contributed by atoms with Crippen molar-refractivity contribution < 1.29 is 9.47 Å². The quantitative estimate of drug-likeness (QED) is 0.713. The monoisotopic (exact) mass is 235 g/mol. The molecule has 1 saturated heterocycles. The van der Waals surface area contributed by atoms with Crippen LogP contribution in [0.25, 0.3) is 10.9 Å². The standard InChI is InChI=1S/C12H10ClNO2/c13-11-5-4-8-9(12-15-6-7-16-12)2-1-3-10(8)14-11/h1-5,12H,6-7H2. The lowest BCUT2D eigenvalue weighted by Crippen LogP contribution is -1.99. The number of hydrogen-bond acceptors (Lipinski definition) is 3. The van der Waals surface area contributed by atoms with Crippen LogP contribution in [0.1, 0.15) is 11.9 Å². The van der Waals surface area contributed by atoms with E-state index in [2.05, 4.69) is 4.98 Å². The summed E-state index contributed by atoms with van der Waals surface area (Å²) in [6, 6.07) is 9.59. The van der Waals surface area contributed by atoms with Gasteiger partial charge in [-0.05, 0) is 18.2 Å². The van der Waals surface area contributed by atoms with Crippen LogP contribution in [-0.4, -0.2) is 18.2 Å². The molecular weight excluding hydrogens is 226 g/mol. The molecule has 2 aromatic rings. The Bertz CT molecular complexity index is 523. The summed E-state index contributed by atoms with van der Waals surface area (Å²) in [5.41, 5.74) is 1.88. The van der Waals surface area contributed by atoms with Gasteiger partial charge in [-0.2, -0.15) is 0 Å². The molecule has 1 fully saturated rings. The normalized spacial score (nSPS) is 17.1. The van der Waals surface area contributed by atoms with E-state index in [9.17, 15) is 0 Å². The summed E-state index contributed by atoms with van der Waals surface area (Å²) >= 11 is 5.86. The van der Waals surface area contributed by atoms with Gasteiger partial charge in [0.25, 0.3) is 0 Å². The lowest BCUT2D eigenvalue weighted by Gasteiger charge is -2.11. The SMILES string of the molecule is Clc1ccc2c(C3OCCO3)cccc2n1. The summed E-state index contributed by atoms with van der Waals surface area (Å²) in [6.45, 7) is 1.28. The predicted octanol–water partition coefficient (Wildman–Crippen LogP) is 2.93. The molecule has 0 atom stereocenters. The van der Waals surface area contributed by atoms with Gasteiger partial charge in [-0.1, -0.05) is 23.7 Å². The van der Waals surface area contributed by atoms with E-state index in [0.717, 1.165) is 16.5 Å². The molecule has 3 nitrogen and oxygen atoms in total. The second kappa shape index (κ2) is 4.01. The molecule has 1 aromatic heterocycles. The van der Waals surface area contributed by atoms with E-state index >= 15 is 0 Å². The van der Waals surface area contributed by atoms with E-state index < -0.39 is 0 Å². The van der Waals surface area contributed by atoms with Crippen molar-refractivity contribution in [3.05, 3.63) is 41.0 Å².